The average Bonchev–Trinajstić information content (AvgIpc) is 2.03. The molecule has 0 aliphatic heterocycles. The van der Waals surface area contributed by atoms with E-state index < -0.39 is 0 Å². The lowest BCUT2D eigenvalue weighted by atomic mass is 10.2. The summed E-state index contributed by atoms with van der Waals surface area (Å²) >= 11 is 0. The molecule has 0 atom stereocenters. The molecule has 0 aromatic heterocycles. The maximum absolute atomic E-state index is 4.82. The first-order valence-corrected chi connectivity index (χ1v) is 4.33. The Balaban J connectivity index is 2.94. The van der Waals surface area contributed by atoms with Crippen molar-refractivity contribution >= 4 is 0 Å². The molecule has 0 heterocycles. The minimum Gasteiger partial charge on any atom is -0.474 e. The highest BCUT2D eigenvalue weighted by Crippen LogP contribution is 2.02. The van der Waals surface area contributed by atoms with E-state index >= 15 is 0 Å². The van der Waals surface area contributed by atoms with E-state index in [4.69, 9.17) is 4.74 Å². The molecule has 0 aromatic carbocycles. The van der Waals surface area contributed by atoms with Crippen molar-refractivity contribution in [1.82, 2.24) is 0 Å². The van der Waals surface area contributed by atoms with Crippen LogP contribution in [0.4, 0.5) is 0 Å². The second-order valence-corrected chi connectivity index (χ2v) is 2.52. The third kappa shape index (κ3) is 9.28. The molecule has 0 bridgehead atoms. The summed E-state index contributed by atoms with van der Waals surface area (Å²) in [4.78, 5) is 0. The van der Waals surface area contributed by atoms with E-state index in [9.17, 15) is 0 Å². The number of hydrogen-bond donors (Lipinski definition) is 0. The van der Waals surface area contributed by atoms with E-state index in [-0.39, 0.29) is 0 Å². The molecule has 0 rings (SSSR count). The monoisotopic (exact) mass is 154 g/mol. The van der Waals surface area contributed by atoms with E-state index in [0.717, 1.165) is 6.42 Å². The van der Waals surface area contributed by atoms with Gasteiger partial charge in [0.15, 0.2) is 0 Å². The van der Waals surface area contributed by atoms with Crippen molar-refractivity contribution in [3.63, 3.8) is 0 Å². The number of ether oxygens (including phenoxy) is 1. The van der Waals surface area contributed by atoms with Gasteiger partial charge in [-0.25, -0.2) is 0 Å². The molecule has 0 saturated heterocycles. The van der Waals surface area contributed by atoms with Crippen LogP contribution in [0.5, 0.6) is 0 Å². The summed E-state index contributed by atoms with van der Waals surface area (Å²) in [6.07, 6.45) is 11.5. The van der Waals surface area contributed by atoms with E-state index in [1.54, 1.807) is 6.26 Å². The first-order chi connectivity index (χ1) is 5.41. The van der Waals surface area contributed by atoms with Crippen molar-refractivity contribution in [3.8, 4) is 0 Å². The van der Waals surface area contributed by atoms with Gasteiger partial charge in [-0.05, 0) is 18.9 Å². The van der Waals surface area contributed by atoms with E-state index in [1.807, 2.05) is 6.08 Å². The first kappa shape index (κ1) is 10.3. The lowest BCUT2D eigenvalue weighted by molar-refractivity contribution is 0.402. The van der Waals surface area contributed by atoms with Crippen molar-refractivity contribution in [2.75, 3.05) is 0 Å². The van der Waals surface area contributed by atoms with Gasteiger partial charge in [-0.2, -0.15) is 0 Å². The van der Waals surface area contributed by atoms with Crippen LogP contribution < -0.4 is 0 Å². The van der Waals surface area contributed by atoms with E-state index in [2.05, 4.69) is 13.5 Å². The molecule has 0 amide bonds. The van der Waals surface area contributed by atoms with Gasteiger partial charge in [0.25, 0.3) is 0 Å². The average molecular weight is 154 g/mol. The smallest absolute Gasteiger partial charge is 0.0861 e. The van der Waals surface area contributed by atoms with Crippen molar-refractivity contribution in [3.05, 3.63) is 25.2 Å². The SMILES string of the molecule is C=COC=CCCCCCC. The highest BCUT2D eigenvalue weighted by atomic mass is 16.5. The zero-order valence-corrected chi connectivity index (χ0v) is 7.38. The van der Waals surface area contributed by atoms with Crippen molar-refractivity contribution < 1.29 is 4.74 Å². The van der Waals surface area contributed by atoms with Gasteiger partial charge in [-0.3, -0.25) is 0 Å². The molecule has 0 saturated carbocycles. The summed E-state index contributed by atoms with van der Waals surface area (Å²) in [7, 11) is 0. The van der Waals surface area contributed by atoms with Gasteiger partial charge in [-0.1, -0.05) is 32.8 Å². The number of hydrogen-bond acceptors (Lipinski definition) is 1. The quantitative estimate of drug-likeness (QED) is 0.402. The molecule has 0 radical (unpaired) electrons. The summed E-state index contributed by atoms with van der Waals surface area (Å²) in [6, 6.07) is 0. The first-order valence-electron chi connectivity index (χ1n) is 4.33. The van der Waals surface area contributed by atoms with Gasteiger partial charge in [0, 0.05) is 0 Å². The number of unbranched alkanes of at least 4 members (excludes halogenated alkanes) is 4. The van der Waals surface area contributed by atoms with Gasteiger partial charge in [0.05, 0.1) is 12.5 Å². The Morgan fingerprint density at radius 3 is 2.73 bits per heavy atom. The van der Waals surface area contributed by atoms with Gasteiger partial charge < -0.3 is 4.74 Å². The molecular formula is C10H18O. The molecule has 1 heteroatoms. The zero-order valence-electron chi connectivity index (χ0n) is 7.38. The normalized spacial score (nSPS) is 10.3. The van der Waals surface area contributed by atoms with Crippen LogP contribution in [-0.4, -0.2) is 0 Å². The fraction of sp³-hybridized carbons (Fsp3) is 0.600. The summed E-state index contributed by atoms with van der Waals surface area (Å²) < 4.78 is 4.82. The highest BCUT2D eigenvalue weighted by Gasteiger charge is 1.83. The molecule has 11 heavy (non-hydrogen) atoms. The van der Waals surface area contributed by atoms with Crippen LogP contribution in [0.1, 0.15) is 39.0 Å². The number of rotatable bonds is 7. The van der Waals surface area contributed by atoms with Crippen LogP contribution in [0.2, 0.25) is 0 Å². The number of allylic oxidation sites excluding steroid dienone is 1. The summed E-state index contributed by atoms with van der Waals surface area (Å²) in [5, 5.41) is 0. The predicted octanol–water partition coefficient (Wildman–Crippen LogP) is 3.63. The Labute approximate surface area is 69.8 Å². The van der Waals surface area contributed by atoms with Crippen molar-refractivity contribution in [2.45, 2.75) is 39.0 Å². The van der Waals surface area contributed by atoms with Gasteiger partial charge in [0.2, 0.25) is 0 Å². The van der Waals surface area contributed by atoms with E-state index in [0.29, 0.717) is 0 Å². The molecule has 0 fully saturated rings. The second kappa shape index (κ2) is 9.28. The van der Waals surface area contributed by atoms with Gasteiger partial charge in [-0.15, -0.1) is 0 Å². The van der Waals surface area contributed by atoms with Crippen LogP contribution in [0.25, 0.3) is 0 Å². The minimum atomic E-state index is 1.12. The minimum absolute atomic E-state index is 1.12. The van der Waals surface area contributed by atoms with Gasteiger partial charge in [0.1, 0.15) is 0 Å². The molecule has 1 nitrogen and oxygen atoms in total. The van der Waals surface area contributed by atoms with Gasteiger partial charge >= 0.3 is 0 Å². The lowest BCUT2D eigenvalue weighted by Gasteiger charge is -1.93. The fourth-order valence-corrected chi connectivity index (χ4v) is 0.868. The Bertz CT molecular complexity index is 105. The van der Waals surface area contributed by atoms with Crippen molar-refractivity contribution in [1.29, 1.82) is 0 Å². The summed E-state index contributed by atoms with van der Waals surface area (Å²) in [6.45, 7) is 5.65. The molecule has 0 aliphatic carbocycles. The summed E-state index contributed by atoms with van der Waals surface area (Å²) in [5.41, 5.74) is 0. The molecule has 0 spiro atoms. The molecule has 0 aliphatic rings. The standard InChI is InChI=1S/C10H18O/c1-3-5-6-7-8-9-10-11-4-2/h4,9-10H,2-3,5-8H2,1H3. The molecule has 64 valence electrons. The third-order valence-electron chi connectivity index (χ3n) is 1.50. The third-order valence-corrected chi connectivity index (χ3v) is 1.50. The Hall–Kier alpha value is -0.720. The Morgan fingerprint density at radius 2 is 2.09 bits per heavy atom. The largest absolute Gasteiger partial charge is 0.474 e. The van der Waals surface area contributed by atoms with Crippen LogP contribution in [-0.2, 0) is 4.74 Å². The maximum atomic E-state index is 4.82. The van der Waals surface area contributed by atoms with Crippen molar-refractivity contribution in [2.24, 2.45) is 0 Å². The highest BCUT2D eigenvalue weighted by molar-refractivity contribution is 4.74. The lowest BCUT2D eigenvalue weighted by Crippen LogP contribution is -1.73. The fourth-order valence-electron chi connectivity index (χ4n) is 0.868. The molecule has 0 N–H and O–H groups in total. The molecular weight excluding hydrogens is 136 g/mol. The molecule has 0 unspecified atom stereocenters. The predicted molar refractivity (Wildman–Crippen MR) is 49.2 cm³/mol. The molecule has 0 aromatic rings. The Morgan fingerprint density at radius 1 is 1.27 bits per heavy atom. The zero-order chi connectivity index (χ0) is 8.36. The maximum Gasteiger partial charge on any atom is 0.0861 e. The second-order valence-electron chi connectivity index (χ2n) is 2.52. The van der Waals surface area contributed by atoms with Crippen LogP contribution in [0, 0.1) is 0 Å². The van der Waals surface area contributed by atoms with Crippen LogP contribution >= 0.6 is 0 Å². The topological polar surface area (TPSA) is 9.23 Å². The Kier molecular flexibility index (Phi) is 8.67. The van der Waals surface area contributed by atoms with Crippen LogP contribution in [0.3, 0.4) is 0 Å². The summed E-state index contributed by atoms with van der Waals surface area (Å²) in [5.74, 6) is 0. The van der Waals surface area contributed by atoms with Crippen LogP contribution in [0.15, 0.2) is 25.2 Å². The van der Waals surface area contributed by atoms with E-state index in [1.165, 1.54) is 31.9 Å².